The number of rotatable bonds is 40. The van der Waals surface area contributed by atoms with E-state index in [1.807, 2.05) is 0 Å². The van der Waals surface area contributed by atoms with Gasteiger partial charge in [0.1, 0.15) is 6.10 Å². The number of unbranched alkanes of at least 4 members (excludes halogenated alkanes) is 28. The van der Waals surface area contributed by atoms with Crippen LogP contribution >= 0.6 is 7.82 Å². The standard InChI is InChI=1S/C41H82NO8P/c1-3-5-7-9-11-13-15-17-19-21-23-25-27-29-31-33-40(45)42(35-36-49-51(47,48)50-38-39(44)37-43)41(46)34-32-30-28-26-24-22-20-18-16-14-12-10-8-6-4-2/h39,43-44H,3-38H2,1-2H3,(H,47,48)/t39-/m1/s1. The summed E-state index contributed by atoms with van der Waals surface area (Å²) in [5.41, 5.74) is 0. The fraction of sp³-hybridized carbons (Fsp3) is 0.951. The smallest absolute Gasteiger partial charge is 0.394 e. The zero-order valence-electron chi connectivity index (χ0n) is 33.3. The Morgan fingerprint density at radius 1 is 0.529 bits per heavy atom. The summed E-state index contributed by atoms with van der Waals surface area (Å²) in [5, 5.41) is 18.3. The Morgan fingerprint density at radius 2 is 0.824 bits per heavy atom. The molecule has 0 saturated heterocycles. The van der Waals surface area contributed by atoms with Crippen molar-refractivity contribution in [3.8, 4) is 0 Å². The lowest BCUT2D eigenvalue weighted by molar-refractivity contribution is -0.145. The van der Waals surface area contributed by atoms with Crippen molar-refractivity contribution in [2.75, 3.05) is 26.4 Å². The number of hydrogen-bond donors (Lipinski definition) is 3. The van der Waals surface area contributed by atoms with Crippen LogP contribution in [0.15, 0.2) is 0 Å². The van der Waals surface area contributed by atoms with Gasteiger partial charge in [0.25, 0.3) is 0 Å². The molecule has 2 amide bonds. The molecule has 0 aromatic rings. The van der Waals surface area contributed by atoms with Gasteiger partial charge in [0.15, 0.2) is 0 Å². The normalized spacial score (nSPS) is 13.4. The number of carbonyl (C=O) groups excluding carboxylic acids is 2. The molecule has 3 N–H and O–H groups in total. The van der Waals surface area contributed by atoms with Crippen LogP contribution in [-0.4, -0.2) is 64.3 Å². The molecule has 0 saturated carbocycles. The van der Waals surface area contributed by atoms with Crippen molar-refractivity contribution in [1.29, 1.82) is 0 Å². The Kier molecular flexibility index (Phi) is 36.9. The fourth-order valence-electron chi connectivity index (χ4n) is 6.47. The maximum atomic E-state index is 13.1. The Balaban J connectivity index is 4.33. The number of aliphatic hydroxyl groups excluding tert-OH is 2. The average molecular weight is 748 g/mol. The second-order valence-electron chi connectivity index (χ2n) is 14.8. The third kappa shape index (κ3) is 34.7. The molecule has 2 atom stereocenters. The van der Waals surface area contributed by atoms with E-state index in [2.05, 4.69) is 13.8 Å². The molecule has 0 aliphatic carbocycles. The van der Waals surface area contributed by atoms with E-state index >= 15 is 0 Å². The van der Waals surface area contributed by atoms with Gasteiger partial charge in [0, 0.05) is 12.8 Å². The lowest BCUT2D eigenvalue weighted by Crippen LogP contribution is -2.39. The number of hydrogen-bond acceptors (Lipinski definition) is 7. The van der Waals surface area contributed by atoms with Crippen LogP contribution in [0.25, 0.3) is 0 Å². The topological polar surface area (TPSA) is 134 Å². The molecule has 0 aliphatic rings. The van der Waals surface area contributed by atoms with Crippen molar-refractivity contribution in [3.63, 3.8) is 0 Å². The largest absolute Gasteiger partial charge is 0.472 e. The molecule has 0 bridgehead atoms. The molecule has 0 aromatic heterocycles. The van der Waals surface area contributed by atoms with Crippen LogP contribution in [0.5, 0.6) is 0 Å². The fourth-order valence-corrected chi connectivity index (χ4v) is 7.22. The minimum atomic E-state index is -4.50. The van der Waals surface area contributed by atoms with Gasteiger partial charge < -0.3 is 15.1 Å². The highest BCUT2D eigenvalue weighted by Crippen LogP contribution is 2.43. The Labute approximate surface area is 314 Å². The summed E-state index contributed by atoms with van der Waals surface area (Å²) in [6.07, 6.45) is 36.3. The SMILES string of the molecule is CCCCCCCCCCCCCCCCCC(=O)N(CCOP(=O)(O)OC[C@H](O)CO)C(=O)CCCCCCCCCCCCCCCCC. The first kappa shape index (κ1) is 50.2. The highest BCUT2D eigenvalue weighted by atomic mass is 31.2. The summed E-state index contributed by atoms with van der Waals surface area (Å²) >= 11 is 0. The van der Waals surface area contributed by atoms with Crippen molar-refractivity contribution in [3.05, 3.63) is 0 Å². The lowest BCUT2D eigenvalue weighted by Gasteiger charge is -2.22. The van der Waals surface area contributed by atoms with Gasteiger partial charge in [-0.05, 0) is 12.8 Å². The van der Waals surface area contributed by atoms with Crippen LogP contribution in [0.3, 0.4) is 0 Å². The lowest BCUT2D eigenvalue weighted by atomic mass is 10.0. The van der Waals surface area contributed by atoms with Gasteiger partial charge >= 0.3 is 7.82 Å². The van der Waals surface area contributed by atoms with Crippen molar-refractivity contribution < 1.29 is 38.3 Å². The molecule has 0 fully saturated rings. The molecule has 0 aliphatic heterocycles. The second-order valence-corrected chi connectivity index (χ2v) is 16.2. The summed E-state index contributed by atoms with van der Waals surface area (Å²) in [6, 6.07) is 0. The van der Waals surface area contributed by atoms with Crippen LogP contribution in [-0.2, 0) is 23.2 Å². The molecule has 0 aromatic carbocycles. The maximum Gasteiger partial charge on any atom is 0.472 e. The van der Waals surface area contributed by atoms with Gasteiger partial charge in [0.2, 0.25) is 11.8 Å². The predicted molar refractivity (Wildman–Crippen MR) is 211 cm³/mol. The van der Waals surface area contributed by atoms with Gasteiger partial charge in [-0.3, -0.25) is 23.5 Å². The van der Waals surface area contributed by atoms with E-state index in [1.165, 1.54) is 146 Å². The van der Waals surface area contributed by atoms with Gasteiger partial charge in [0.05, 0.1) is 26.4 Å². The monoisotopic (exact) mass is 748 g/mol. The third-order valence-corrected chi connectivity index (χ3v) is 10.8. The van der Waals surface area contributed by atoms with Crippen LogP contribution in [0.1, 0.15) is 219 Å². The van der Waals surface area contributed by atoms with Crippen LogP contribution in [0, 0.1) is 0 Å². The first-order valence-corrected chi connectivity index (χ1v) is 23.0. The number of phosphoric ester groups is 1. The van der Waals surface area contributed by atoms with E-state index in [9.17, 15) is 24.2 Å². The van der Waals surface area contributed by atoms with Crippen molar-refractivity contribution in [2.45, 2.75) is 225 Å². The van der Waals surface area contributed by atoms with E-state index in [1.54, 1.807) is 0 Å². The minimum absolute atomic E-state index is 0.133. The van der Waals surface area contributed by atoms with Crippen LogP contribution in [0.4, 0.5) is 0 Å². The molecule has 10 heteroatoms. The third-order valence-electron chi connectivity index (χ3n) is 9.80. The molecule has 9 nitrogen and oxygen atoms in total. The summed E-state index contributed by atoms with van der Waals surface area (Å²) in [7, 11) is -4.50. The summed E-state index contributed by atoms with van der Waals surface area (Å²) < 4.78 is 21.8. The van der Waals surface area contributed by atoms with Crippen molar-refractivity contribution >= 4 is 19.6 Å². The Morgan fingerprint density at radius 3 is 1.12 bits per heavy atom. The molecule has 0 rings (SSSR count). The molecule has 304 valence electrons. The van der Waals surface area contributed by atoms with E-state index in [0.29, 0.717) is 12.8 Å². The average Bonchev–Trinajstić information content (AvgIpc) is 3.12. The van der Waals surface area contributed by atoms with Crippen molar-refractivity contribution in [2.24, 2.45) is 0 Å². The first-order valence-electron chi connectivity index (χ1n) is 21.5. The molecule has 0 radical (unpaired) electrons. The summed E-state index contributed by atoms with van der Waals surface area (Å²) in [5.74, 6) is -0.549. The number of phosphoric acid groups is 1. The molecule has 1 unspecified atom stereocenters. The Hall–Kier alpha value is -0.830. The predicted octanol–water partition coefficient (Wildman–Crippen LogP) is 11.4. The van der Waals surface area contributed by atoms with Crippen LogP contribution in [0.2, 0.25) is 0 Å². The maximum absolute atomic E-state index is 13.1. The number of aliphatic hydroxyl groups is 2. The molecule has 0 heterocycles. The molecular formula is C41H82NO8P. The highest BCUT2D eigenvalue weighted by Gasteiger charge is 2.25. The zero-order valence-corrected chi connectivity index (χ0v) is 34.2. The number of amides is 2. The highest BCUT2D eigenvalue weighted by molar-refractivity contribution is 7.47. The minimum Gasteiger partial charge on any atom is -0.394 e. The number of nitrogens with zero attached hydrogens (tertiary/aromatic N) is 1. The van der Waals surface area contributed by atoms with Crippen molar-refractivity contribution in [1.82, 2.24) is 4.90 Å². The molecular weight excluding hydrogens is 665 g/mol. The Bertz CT molecular complexity index is 783. The first-order chi connectivity index (χ1) is 24.8. The number of imide groups is 1. The number of carbonyl (C=O) groups is 2. The second kappa shape index (κ2) is 37.5. The van der Waals surface area contributed by atoms with Crippen LogP contribution < -0.4 is 0 Å². The summed E-state index contributed by atoms with van der Waals surface area (Å²) in [6.45, 7) is 2.85. The van der Waals surface area contributed by atoms with Gasteiger partial charge in [-0.1, -0.05) is 194 Å². The van der Waals surface area contributed by atoms with E-state index in [0.717, 1.165) is 38.5 Å². The molecule has 51 heavy (non-hydrogen) atoms. The van der Waals surface area contributed by atoms with Gasteiger partial charge in [-0.15, -0.1) is 0 Å². The quantitative estimate of drug-likeness (QED) is 0.0417. The summed E-state index contributed by atoms with van der Waals surface area (Å²) in [4.78, 5) is 37.3. The van der Waals surface area contributed by atoms with Gasteiger partial charge in [-0.25, -0.2) is 4.57 Å². The van der Waals surface area contributed by atoms with E-state index in [4.69, 9.17) is 14.2 Å². The zero-order chi connectivity index (χ0) is 37.7. The molecule has 0 spiro atoms. The van der Waals surface area contributed by atoms with Gasteiger partial charge in [-0.2, -0.15) is 0 Å². The van der Waals surface area contributed by atoms with E-state index in [-0.39, 0.29) is 37.8 Å². The van der Waals surface area contributed by atoms with E-state index < -0.39 is 27.1 Å².